The molecule has 0 saturated carbocycles. The van der Waals surface area contributed by atoms with E-state index in [1.807, 2.05) is 0 Å². The Morgan fingerprint density at radius 1 is 1.56 bits per heavy atom. The first-order chi connectivity index (χ1) is 8.76. The molecule has 2 rings (SSSR count). The summed E-state index contributed by atoms with van der Waals surface area (Å²) in [5.74, 6) is 1.04. The molecule has 1 aliphatic rings. The number of aliphatic hydroxyl groups excluding tert-OH is 1. The van der Waals surface area contributed by atoms with Crippen LogP contribution in [0.1, 0.15) is 26.2 Å². The molecule has 100 valence electrons. The summed E-state index contributed by atoms with van der Waals surface area (Å²) >= 11 is 0. The topological polar surface area (TPSA) is 58.4 Å². The third kappa shape index (κ3) is 2.72. The molecule has 0 aromatic carbocycles. The van der Waals surface area contributed by atoms with E-state index in [2.05, 4.69) is 16.8 Å². The molecule has 0 spiro atoms. The lowest BCUT2D eigenvalue weighted by atomic mass is 10.1. The van der Waals surface area contributed by atoms with Gasteiger partial charge in [-0.05, 0) is 25.2 Å². The largest absolute Gasteiger partial charge is 0.396 e. The molecule has 1 saturated heterocycles. The Labute approximate surface area is 107 Å². The first-order valence-corrected chi connectivity index (χ1v) is 6.67. The Hall–Kier alpha value is -1.36. The van der Waals surface area contributed by atoms with Crippen molar-refractivity contribution >= 4 is 5.82 Å². The lowest BCUT2D eigenvalue weighted by molar-refractivity contribution is 0.263. The van der Waals surface area contributed by atoms with Gasteiger partial charge < -0.3 is 14.6 Å². The third-order valence-electron chi connectivity index (χ3n) is 3.48. The van der Waals surface area contributed by atoms with E-state index in [9.17, 15) is 4.79 Å². The summed E-state index contributed by atoms with van der Waals surface area (Å²) in [4.78, 5) is 18.5. The van der Waals surface area contributed by atoms with Crippen molar-refractivity contribution in [3.63, 3.8) is 0 Å². The minimum absolute atomic E-state index is 0.00370. The summed E-state index contributed by atoms with van der Waals surface area (Å²) in [7, 11) is 0. The molecule has 0 amide bonds. The van der Waals surface area contributed by atoms with Gasteiger partial charge in [0.2, 0.25) is 0 Å². The summed E-state index contributed by atoms with van der Waals surface area (Å²) in [6.45, 7) is 4.71. The maximum atomic E-state index is 12.2. The lowest BCUT2D eigenvalue weighted by Crippen LogP contribution is -2.31. The molecule has 0 aliphatic carbocycles. The number of aliphatic hydroxyl groups is 1. The smallest absolute Gasteiger partial charge is 0.293 e. The van der Waals surface area contributed by atoms with Gasteiger partial charge in [0.05, 0.1) is 0 Å². The standard InChI is InChI=1S/C13H21N3O2/c1-2-6-15-8-5-14-12(13(15)18)16-7-3-11(10-16)4-9-17/h5,8,11,17H,2-4,6-7,9-10H2,1H3. The molecular formula is C13H21N3O2. The van der Waals surface area contributed by atoms with Gasteiger partial charge in [0.1, 0.15) is 0 Å². The quantitative estimate of drug-likeness (QED) is 0.843. The molecule has 1 atom stereocenters. The fourth-order valence-electron chi connectivity index (χ4n) is 2.51. The van der Waals surface area contributed by atoms with Crippen molar-refractivity contribution in [2.24, 2.45) is 5.92 Å². The molecule has 5 nitrogen and oxygen atoms in total. The van der Waals surface area contributed by atoms with E-state index in [1.165, 1.54) is 0 Å². The van der Waals surface area contributed by atoms with Crippen molar-refractivity contribution in [2.75, 3.05) is 24.6 Å². The van der Waals surface area contributed by atoms with Crippen LogP contribution in [0.15, 0.2) is 17.2 Å². The molecule has 1 N–H and O–H groups in total. The van der Waals surface area contributed by atoms with Crippen LogP contribution >= 0.6 is 0 Å². The van der Waals surface area contributed by atoms with Crippen molar-refractivity contribution in [3.8, 4) is 0 Å². The first-order valence-electron chi connectivity index (χ1n) is 6.67. The van der Waals surface area contributed by atoms with Gasteiger partial charge in [-0.1, -0.05) is 6.92 Å². The highest BCUT2D eigenvalue weighted by Gasteiger charge is 2.25. The van der Waals surface area contributed by atoms with Crippen molar-refractivity contribution in [1.82, 2.24) is 9.55 Å². The Bertz CT molecular complexity index is 444. The molecular weight excluding hydrogens is 230 g/mol. The van der Waals surface area contributed by atoms with Gasteiger partial charge in [-0.25, -0.2) is 4.98 Å². The van der Waals surface area contributed by atoms with Crippen LogP contribution in [0.4, 0.5) is 5.82 Å². The van der Waals surface area contributed by atoms with Crippen LogP contribution < -0.4 is 10.5 Å². The van der Waals surface area contributed by atoms with E-state index in [0.29, 0.717) is 11.7 Å². The Morgan fingerprint density at radius 3 is 3.11 bits per heavy atom. The van der Waals surface area contributed by atoms with Gasteiger partial charge in [0, 0.05) is 38.6 Å². The summed E-state index contributed by atoms with van der Waals surface area (Å²) in [5, 5.41) is 8.95. The Balaban J connectivity index is 2.14. The second-order valence-corrected chi connectivity index (χ2v) is 4.86. The van der Waals surface area contributed by atoms with Gasteiger partial charge >= 0.3 is 0 Å². The number of aryl methyl sites for hydroxylation is 1. The second kappa shape index (κ2) is 6.00. The SMILES string of the molecule is CCCn1ccnc(N2CCC(CCO)C2)c1=O. The summed E-state index contributed by atoms with van der Waals surface area (Å²) in [6.07, 6.45) is 6.23. The number of aromatic nitrogens is 2. The Kier molecular flexibility index (Phi) is 4.36. The lowest BCUT2D eigenvalue weighted by Gasteiger charge is -2.17. The minimum Gasteiger partial charge on any atom is -0.396 e. The van der Waals surface area contributed by atoms with Crippen molar-refractivity contribution < 1.29 is 5.11 Å². The molecule has 1 unspecified atom stereocenters. The number of rotatable bonds is 5. The molecule has 1 aromatic rings. The van der Waals surface area contributed by atoms with Crippen LogP contribution in [0.25, 0.3) is 0 Å². The number of hydrogen-bond donors (Lipinski definition) is 1. The van der Waals surface area contributed by atoms with E-state index in [1.54, 1.807) is 17.0 Å². The van der Waals surface area contributed by atoms with E-state index >= 15 is 0 Å². The van der Waals surface area contributed by atoms with Gasteiger partial charge in [0.25, 0.3) is 5.56 Å². The first kappa shape index (κ1) is 13.1. The van der Waals surface area contributed by atoms with Gasteiger partial charge in [-0.3, -0.25) is 4.79 Å². The van der Waals surface area contributed by atoms with Crippen LogP contribution in [0.2, 0.25) is 0 Å². The molecule has 1 aliphatic heterocycles. The van der Waals surface area contributed by atoms with Crippen molar-refractivity contribution in [3.05, 3.63) is 22.7 Å². The van der Waals surface area contributed by atoms with Crippen LogP contribution in [0, 0.1) is 5.92 Å². The highest BCUT2D eigenvalue weighted by Crippen LogP contribution is 2.21. The zero-order chi connectivity index (χ0) is 13.0. The maximum Gasteiger partial charge on any atom is 0.293 e. The van der Waals surface area contributed by atoms with Gasteiger partial charge in [0.15, 0.2) is 5.82 Å². The highest BCUT2D eigenvalue weighted by molar-refractivity contribution is 5.37. The van der Waals surface area contributed by atoms with Crippen molar-refractivity contribution in [2.45, 2.75) is 32.7 Å². The van der Waals surface area contributed by atoms with E-state index < -0.39 is 0 Å². The third-order valence-corrected chi connectivity index (χ3v) is 3.48. The van der Waals surface area contributed by atoms with Crippen molar-refractivity contribution in [1.29, 1.82) is 0 Å². The zero-order valence-corrected chi connectivity index (χ0v) is 10.9. The van der Waals surface area contributed by atoms with Gasteiger partial charge in [-0.2, -0.15) is 0 Å². The monoisotopic (exact) mass is 251 g/mol. The van der Waals surface area contributed by atoms with Gasteiger partial charge in [-0.15, -0.1) is 0 Å². The predicted molar refractivity (Wildman–Crippen MR) is 70.8 cm³/mol. The normalized spacial score (nSPS) is 19.4. The molecule has 1 aromatic heterocycles. The second-order valence-electron chi connectivity index (χ2n) is 4.86. The average molecular weight is 251 g/mol. The fraction of sp³-hybridized carbons (Fsp3) is 0.692. The van der Waals surface area contributed by atoms with Crippen LogP contribution in [-0.2, 0) is 6.54 Å². The number of hydrogen-bond acceptors (Lipinski definition) is 4. The molecule has 18 heavy (non-hydrogen) atoms. The van der Waals surface area contributed by atoms with E-state index in [0.717, 1.165) is 38.9 Å². The van der Waals surface area contributed by atoms with Crippen LogP contribution in [-0.4, -0.2) is 34.4 Å². The fourth-order valence-corrected chi connectivity index (χ4v) is 2.51. The minimum atomic E-state index is 0.00370. The summed E-state index contributed by atoms with van der Waals surface area (Å²) in [6, 6.07) is 0. The zero-order valence-electron chi connectivity index (χ0n) is 10.9. The van der Waals surface area contributed by atoms with Crippen LogP contribution in [0.3, 0.4) is 0 Å². The average Bonchev–Trinajstić information content (AvgIpc) is 2.81. The molecule has 2 heterocycles. The molecule has 0 radical (unpaired) electrons. The van der Waals surface area contributed by atoms with Crippen LogP contribution in [0.5, 0.6) is 0 Å². The molecule has 0 bridgehead atoms. The predicted octanol–water partition coefficient (Wildman–Crippen LogP) is 0.862. The number of anilines is 1. The van der Waals surface area contributed by atoms with E-state index in [4.69, 9.17) is 5.11 Å². The molecule has 1 fully saturated rings. The Morgan fingerprint density at radius 2 is 2.39 bits per heavy atom. The highest BCUT2D eigenvalue weighted by atomic mass is 16.3. The molecule has 5 heteroatoms. The summed E-state index contributed by atoms with van der Waals surface area (Å²) < 4.78 is 1.72. The number of nitrogens with zero attached hydrogens (tertiary/aromatic N) is 3. The maximum absolute atomic E-state index is 12.2. The summed E-state index contributed by atoms with van der Waals surface area (Å²) in [5.41, 5.74) is 0.00370. The van der Waals surface area contributed by atoms with E-state index in [-0.39, 0.29) is 12.2 Å².